The van der Waals surface area contributed by atoms with Crippen molar-refractivity contribution in [1.29, 1.82) is 0 Å². The first kappa shape index (κ1) is 14.3. The number of ether oxygens (including phenoxy) is 2. The van der Waals surface area contributed by atoms with Crippen LogP contribution in [0, 0.1) is 5.41 Å². The number of aliphatic hydroxyl groups is 1. The van der Waals surface area contributed by atoms with E-state index >= 15 is 0 Å². The lowest BCUT2D eigenvalue weighted by molar-refractivity contribution is 0.0186. The third-order valence-electron chi connectivity index (χ3n) is 4.54. The van der Waals surface area contributed by atoms with Crippen LogP contribution in [-0.2, 0) is 4.74 Å². The second-order valence-electron chi connectivity index (χ2n) is 5.67. The molecule has 112 valence electrons. The molecule has 0 amide bonds. The van der Waals surface area contributed by atoms with Crippen LogP contribution in [0.5, 0.6) is 5.75 Å². The van der Waals surface area contributed by atoms with E-state index in [1.807, 2.05) is 36.4 Å². The Hall–Kier alpha value is -1.62. The fourth-order valence-electron chi connectivity index (χ4n) is 3.15. The average molecular weight is 287 g/mol. The second-order valence-corrected chi connectivity index (χ2v) is 5.67. The summed E-state index contributed by atoms with van der Waals surface area (Å²) in [5.74, 6) is 0.695. The highest BCUT2D eigenvalue weighted by molar-refractivity contribution is 5.88. The Bertz CT molecular complexity index is 635. The number of methoxy groups -OCH3 is 1. The van der Waals surface area contributed by atoms with Crippen molar-refractivity contribution >= 4 is 10.8 Å². The van der Waals surface area contributed by atoms with E-state index in [0.29, 0.717) is 25.5 Å². The van der Waals surface area contributed by atoms with Crippen molar-refractivity contribution in [3.05, 3.63) is 42.0 Å². The van der Waals surface area contributed by atoms with E-state index in [0.717, 1.165) is 22.8 Å². The maximum Gasteiger partial charge on any atom is 0.125 e. The Balaban J connectivity index is 2.17. The molecule has 0 radical (unpaired) electrons. The molecule has 21 heavy (non-hydrogen) atoms. The van der Waals surface area contributed by atoms with Gasteiger partial charge < -0.3 is 20.3 Å². The second kappa shape index (κ2) is 5.64. The zero-order chi connectivity index (χ0) is 14.9. The molecular formula is C17H21NO3. The maximum atomic E-state index is 11.0. The van der Waals surface area contributed by atoms with Gasteiger partial charge in [0.05, 0.1) is 19.8 Å². The standard InChI is InChI=1S/C17H21NO3/c1-20-14-7-6-12-4-2-3-5-13(12)15(14)16(19)17(10-18)8-9-21-11-17/h2-7,16,19H,8-11,18H2,1H3. The van der Waals surface area contributed by atoms with Crippen molar-refractivity contribution < 1.29 is 14.6 Å². The van der Waals surface area contributed by atoms with Crippen LogP contribution in [0.4, 0.5) is 0 Å². The molecule has 0 aromatic heterocycles. The lowest BCUT2D eigenvalue weighted by atomic mass is 9.77. The highest BCUT2D eigenvalue weighted by atomic mass is 16.5. The number of aliphatic hydroxyl groups excluding tert-OH is 1. The largest absolute Gasteiger partial charge is 0.496 e. The Labute approximate surface area is 124 Å². The molecule has 4 nitrogen and oxygen atoms in total. The van der Waals surface area contributed by atoms with Crippen LogP contribution in [0.15, 0.2) is 36.4 Å². The van der Waals surface area contributed by atoms with E-state index in [4.69, 9.17) is 15.2 Å². The fourth-order valence-corrected chi connectivity index (χ4v) is 3.15. The highest BCUT2D eigenvalue weighted by Gasteiger charge is 2.43. The van der Waals surface area contributed by atoms with Crippen LogP contribution in [0.3, 0.4) is 0 Å². The number of hydrogen-bond donors (Lipinski definition) is 2. The summed E-state index contributed by atoms with van der Waals surface area (Å²) in [6.07, 6.45) is 0.0582. The molecule has 2 unspecified atom stereocenters. The minimum Gasteiger partial charge on any atom is -0.496 e. The van der Waals surface area contributed by atoms with Gasteiger partial charge in [-0.15, -0.1) is 0 Å². The van der Waals surface area contributed by atoms with Gasteiger partial charge in [0.25, 0.3) is 0 Å². The summed E-state index contributed by atoms with van der Waals surface area (Å²) in [4.78, 5) is 0. The molecule has 0 bridgehead atoms. The molecule has 1 aliphatic heterocycles. The van der Waals surface area contributed by atoms with Gasteiger partial charge in [-0.25, -0.2) is 0 Å². The van der Waals surface area contributed by atoms with E-state index in [1.165, 1.54) is 0 Å². The number of benzene rings is 2. The van der Waals surface area contributed by atoms with Gasteiger partial charge in [0.15, 0.2) is 0 Å². The van der Waals surface area contributed by atoms with Crippen LogP contribution in [0.1, 0.15) is 18.1 Å². The first-order valence-electron chi connectivity index (χ1n) is 7.23. The number of nitrogens with two attached hydrogens (primary N) is 1. The van der Waals surface area contributed by atoms with Crippen LogP contribution in [0.2, 0.25) is 0 Å². The zero-order valence-corrected chi connectivity index (χ0v) is 12.2. The summed E-state index contributed by atoms with van der Waals surface area (Å²) in [5, 5.41) is 13.1. The van der Waals surface area contributed by atoms with Crippen LogP contribution < -0.4 is 10.5 Å². The number of fused-ring (bicyclic) bond motifs is 1. The van der Waals surface area contributed by atoms with E-state index < -0.39 is 11.5 Å². The van der Waals surface area contributed by atoms with Crippen molar-refractivity contribution in [2.75, 3.05) is 26.9 Å². The number of hydrogen-bond acceptors (Lipinski definition) is 4. The Kier molecular flexibility index (Phi) is 3.85. The SMILES string of the molecule is COc1ccc2ccccc2c1C(O)C1(CN)CCOC1. The molecule has 2 aromatic rings. The fraction of sp³-hybridized carbons (Fsp3) is 0.412. The molecule has 2 atom stereocenters. The lowest BCUT2D eigenvalue weighted by Gasteiger charge is -2.33. The summed E-state index contributed by atoms with van der Waals surface area (Å²) < 4.78 is 11.0. The van der Waals surface area contributed by atoms with Crippen molar-refractivity contribution in [1.82, 2.24) is 0 Å². The Morgan fingerprint density at radius 2 is 2.14 bits per heavy atom. The Morgan fingerprint density at radius 1 is 1.33 bits per heavy atom. The van der Waals surface area contributed by atoms with Crippen molar-refractivity contribution in [2.24, 2.45) is 11.1 Å². The predicted octanol–water partition coefficient (Wildman–Crippen LogP) is 2.25. The monoisotopic (exact) mass is 287 g/mol. The van der Waals surface area contributed by atoms with Gasteiger partial charge in [-0.2, -0.15) is 0 Å². The van der Waals surface area contributed by atoms with Gasteiger partial charge in [-0.3, -0.25) is 0 Å². The molecule has 1 saturated heterocycles. The molecule has 3 N–H and O–H groups in total. The van der Waals surface area contributed by atoms with Crippen LogP contribution in [-0.4, -0.2) is 32.0 Å². The molecule has 0 aliphatic carbocycles. The van der Waals surface area contributed by atoms with E-state index in [2.05, 4.69) is 0 Å². The van der Waals surface area contributed by atoms with Gasteiger partial charge >= 0.3 is 0 Å². The molecule has 2 aromatic carbocycles. The summed E-state index contributed by atoms with van der Waals surface area (Å²) >= 11 is 0. The minimum atomic E-state index is -0.703. The highest BCUT2D eigenvalue weighted by Crippen LogP contribution is 2.45. The number of rotatable bonds is 4. The van der Waals surface area contributed by atoms with E-state index in [-0.39, 0.29) is 0 Å². The normalized spacial score (nSPS) is 23.4. The van der Waals surface area contributed by atoms with Crippen molar-refractivity contribution in [3.63, 3.8) is 0 Å². The first-order chi connectivity index (χ1) is 10.2. The quantitative estimate of drug-likeness (QED) is 0.905. The summed E-state index contributed by atoms with van der Waals surface area (Å²) in [6, 6.07) is 11.9. The maximum absolute atomic E-state index is 11.0. The topological polar surface area (TPSA) is 64.7 Å². The molecule has 1 fully saturated rings. The first-order valence-corrected chi connectivity index (χ1v) is 7.23. The molecular weight excluding hydrogens is 266 g/mol. The van der Waals surface area contributed by atoms with Gasteiger partial charge in [-0.1, -0.05) is 30.3 Å². The minimum absolute atomic E-state index is 0.389. The van der Waals surface area contributed by atoms with Crippen molar-refractivity contribution in [2.45, 2.75) is 12.5 Å². The summed E-state index contributed by atoms with van der Waals surface area (Å²) in [7, 11) is 1.63. The average Bonchev–Trinajstić information content (AvgIpc) is 3.03. The van der Waals surface area contributed by atoms with Crippen LogP contribution in [0.25, 0.3) is 10.8 Å². The lowest BCUT2D eigenvalue weighted by Crippen LogP contribution is -2.37. The predicted molar refractivity (Wildman–Crippen MR) is 82.4 cm³/mol. The zero-order valence-electron chi connectivity index (χ0n) is 12.2. The van der Waals surface area contributed by atoms with Gasteiger partial charge in [-0.05, 0) is 23.3 Å². The van der Waals surface area contributed by atoms with E-state index in [1.54, 1.807) is 7.11 Å². The third kappa shape index (κ3) is 2.29. The van der Waals surface area contributed by atoms with Gasteiger partial charge in [0.2, 0.25) is 0 Å². The molecule has 3 rings (SSSR count). The van der Waals surface area contributed by atoms with Gasteiger partial charge in [0, 0.05) is 24.1 Å². The molecule has 1 aliphatic rings. The summed E-state index contributed by atoms with van der Waals surface area (Å²) in [5.41, 5.74) is 6.34. The molecule has 1 heterocycles. The smallest absolute Gasteiger partial charge is 0.125 e. The van der Waals surface area contributed by atoms with E-state index in [9.17, 15) is 5.11 Å². The third-order valence-corrected chi connectivity index (χ3v) is 4.54. The Morgan fingerprint density at radius 3 is 2.81 bits per heavy atom. The molecule has 0 saturated carbocycles. The van der Waals surface area contributed by atoms with Gasteiger partial charge in [0.1, 0.15) is 5.75 Å². The van der Waals surface area contributed by atoms with Crippen LogP contribution >= 0.6 is 0 Å². The molecule has 0 spiro atoms. The van der Waals surface area contributed by atoms with Crippen molar-refractivity contribution in [3.8, 4) is 5.75 Å². The molecule has 4 heteroatoms. The summed E-state index contributed by atoms with van der Waals surface area (Å²) in [6.45, 7) is 1.51.